The Kier molecular flexibility index (Phi) is 2.25. The third-order valence-corrected chi connectivity index (χ3v) is 3.40. The van der Waals surface area contributed by atoms with Crippen molar-refractivity contribution < 1.29 is 0 Å². The number of nitrogens with zero attached hydrogens (tertiary/aromatic N) is 1. The number of benzene rings is 1. The summed E-state index contributed by atoms with van der Waals surface area (Å²) >= 11 is 0. The zero-order valence-electron chi connectivity index (χ0n) is 10.1. The molecule has 0 radical (unpaired) electrons. The molecule has 0 unspecified atom stereocenters. The van der Waals surface area contributed by atoms with Gasteiger partial charge >= 0.3 is 0 Å². The van der Waals surface area contributed by atoms with Crippen molar-refractivity contribution in [3.05, 3.63) is 66.0 Å². The standard InChI is InChI=1S/C16H15N/c1-12-11-15(14-7-4-3-5-8-14)16-9-6-10-17(16)13(12)2/h3-11H,1-2H3. The minimum absolute atomic E-state index is 1.28. The fraction of sp³-hybridized carbons (Fsp3) is 0.125. The molecule has 0 amide bonds. The maximum absolute atomic E-state index is 2.28. The molecule has 0 aliphatic heterocycles. The highest BCUT2D eigenvalue weighted by atomic mass is 14.9. The van der Waals surface area contributed by atoms with Crippen molar-refractivity contribution in [1.29, 1.82) is 0 Å². The van der Waals surface area contributed by atoms with Gasteiger partial charge in [-0.25, -0.2) is 0 Å². The van der Waals surface area contributed by atoms with Gasteiger partial charge in [0.05, 0.1) is 5.52 Å². The lowest BCUT2D eigenvalue weighted by Gasteiger charge is -2.11. The third-order valence-electron chi connectivity index (χ3n) is 3.40. The largest absolute Gasteiger partial charge is 0.320 e. The average Bonchev–Trinajstić information content (AvgIpc) is 2.84. The van der Waals surface area contributed by atoms with Crippen LogP contribution in [0.1, 0.15) is 11.3 Å². The van der Waals surface area contributed by atoms with E-state index in [1.54, 1.807) is 0 Å². The van der Waals surface area contributed by atoms with Gasteiger partial charge in [-0.1, -0.05) is 30.3 Å². The van der Waals surface area contributed by atoms with E-state index in [9.17, 15) is 0 Å². The Bertz CT molecular complexity index is 663. The lowest BCUT2D eigenvalue weighted by Crippen LogP contribution is -1.95. The molecule has 0 atom stereocenters. The Labute approximate surface area is 101 Å². The van der Waals surface area contributed by atoms with Crippen molar-refractivity contribution in [2.45, 2.75) is 13.8 Å². The summed E-state index contributed by atoms with van der Waals surface area (Å²) in [5.41, 5.74) is 6.49. The predicted octanol–water partition coefficient (Wildman–Crippen LogP) is 4.22. The number of pyridine rings is 1. The topological polar surface area (TPSA) is 4.41 Å². The summed E-state index contributed by atoms with van der Waals surface area (Å²) in [4.78, 5) is 0. The van der Waals surface area contributed by atoms with Crippen LogP contribution in [0.3, 0.4) is 0 Å². The van der Waals surface area contributed by atoms with Gasteiger partial charge < -0.3 is 4.40 Å². The first kappa shape index (κ1) is 10.2. The van der Waals surface area contributed by atoms with Crippen molar-refractivity contribution >= 4 is 5.52 Å². The van der Waals surface area contributed by atoms with E-state index >= 15 is 0 Å². The first-order valence-corrected chi connectivity index (χ1v) is 5.90. The first-order valence-electron chi connectivity index (χ1n) is 5.90. The van der Waals surface area contributed by atoms with Gasteiger partial charge in [-0.3, -0.25) is 0 Å². The van der Waals surface area contributed by atoms with Crippen LogP contribution in [0.5, 0.6) is 0 Å². The van der Waals surface area contributed by atoms with E-state index in [1.165, 1.54) is 27.9 Å². The van der Waals surface area contributed by atoms with Crippen LogP contribution < -0.4 is 0 Å². The Morgan fingerprint density at radius 3 is 2.41 bits per heavy atom. The van der Waals surface area contributed by atoms with Gasteiger partial charge in [-0.15, -0.1) is 0 Å². The van der Waals surface area contributed by atoms with Crippen LogP contribution in [0.4, 0.5) is 0 Å². The van der Waals surface area contributed by atoms with Crippen LogP contribution >= 0.6 is 0 Å². The maximum atomic E-state index is 2.28. The molecule has 84 valence electrons. The Hall–Kier alpha value is -2.02. The van der Waals surface area contributed by atoms with Crippen LogP contribution in [0.25, 0.3) is 16.6 Å². The molecule has 0 bridgehead atoms. The average molecular weight is 221 g/mol. The van der Waals surface area contributed by atoms with Gasteiger partial charge in [0.2, 0.25) is 0 Å². The number of aromatic nitrogens is 1. The van der Waals surface area contributed by atoms with Gasteiger partial charge in [-0.05, 0) is 43.2 Å². The molecule has 1 nitrogen and oxygen atoms in total. The van der Waals surface area contributed by atoms with Gasteiger partial charge in [0, 0.05) is 17.5 Å². The number of rotatable bonds is 1. The molecule has 0 saturated heterocycles. The molecule has 0 saturated carbocycles. The van der Waals surface area contributed by atoms with Crippen LogP contribution in [-0.4, -0.2) is 4.40 Å². The van der Waals surface area contributed by atoms with Crippen LogP contribution in [-0.2, 0) is 0 Å². The quantitative estimate of drug-likeness (QED) is 0.579. The lowest BCUT2D eigenvalue weighted by atomic mass is 10.0. The summed E-state index contributed by atoms with van der Waals surface area (Å²) in [6.45, 7) is 4.33. The molecule has 1 aromatic carbocycles. The monoisotopic (exact) mass is 221 g/mol. The highest BCUT2D eigenvalue weighted by molar-refractivity contribution is 5.81. The van der Waals surface area contributed by atoms with E-state index in [1.807, 2.05) is 0 Å². The predicted molar refractivity (Wildman–Crippen MR) is 72.3 cm³/mol. The van der Waals surface area contributed by atoms with Crippen molar-refractivity contribution in [2.75, 3.05) is 0 Å². The van der Waals surface area contributed by atoms with Gasteiger partial charge in [0.15, 0.2) is 0 Å². The van der Waals surface area contributed by atoms with Crippen LogP contribution in [0.15, 0.2) is 54.7 Å². The van der Waals surface area contributed by atoms with Crippen molar-refractivity contribution in [3.63, 3.8) is 0 Å². The number of hydrogen-bond acceptors (Lipinski definition) is 0. The van der Waals surface area contributed by atoms with E-state index in [4.69, 9.17) is 0 Å². The molecule has 3 rings (SSSR count). The molecule has 3 aromatic rings. The van der Waals surface area contributed by atoms with E-state index < -0.39 is 0 Å². The summed E-state index contributed by atoms with van der Waals surface area (Å²) in [7, 11) is 0. The van der Waals surface area contributed by atoms with E-state index in [0.717, 1.165) is 0 Å². The van der Waals surface area contributed by atoms with Crippen molar-refractivity contribution in [2.24, 2.45) is 0 Å². The zero-order chi connectivity index (χ0) is 11.8. The molecule has 0 N–H and O–H groups in total. The normalized spacial score (nSPS) is 10.9. The molecule has 2 aromatic heterocycles. The Balaban J connectivity index is 2.38. The van der Waals surface area contributed by atoms with Crippen molar-refractivity contribution in [1.82, 2.24) is 4.40 Å². The van der Waals surface area contributed by atoms with E-state index in [2.05, 4.69) is 73.0 Å². The molecule has 2 heterocycles. The molecule has 0 spiro atoms. The first-order chi connectivity index (χ1) is 8.27. The lowest BCUT2D eigenvalue weighted by molar-refractivity contribution is 1.07. The minimum Gasteiger partial charge on any atom is -0.320 e. The van der Waals surface area contributed by atoms with Crippen LogP contribution in [0, 0.1) is 13.8 Å². The second-order valence-electron chi connectivity index (χ2n) is 4.46. The summed E-state index contributed by atoms with van der Waals surface area (Å²) in [6.07, 6.45) is 2.13. The van der Waals surface area contributed by atoms with Gasteiger partial charge in [-0.2, -0.15) is 0 Å². The summed E-state index contributed by atoms with van der Waals surface area (Å²) in [5.74, 6) is 0. The van der Waals surface area contributed by atoms with E-state index in [0.29, 0.717) is 0 Å². The molecule has 0 aliphatic carbocycles. The van der Waals surface area contributed by atoms with Gasteiger partial charge in [0.1, 0.15) is 0 Å². The fourth-order valence-corrected chi connectivity index (χ4v) is 2.33. The zero-order valence-corrected chi connectivity index (χ0v) is 10.1. The summed E-state index contributed by atoms with van der Waals surface area (Å²) in [5, 5.41) is 0. The maximum Gasteiger partial charge on any atom is 0.0531 e. The van der Waals surface area contributed by atoms with Crippen LogP contribution in [0.2, 0.25) is 0 Å². The van der Waals surface area contributed by atoms with Gasteiger partial charge in [0.25, 0.3) is 0 Å². The highest BCUT2D eigenvalue weighted by Crippen LogP contribution is 2.27. The second kappa shape index (κ2) is 3.77. The van der Waals surface area contributed by atoms with E-state index in [-0.39, 0.29) is 0 Å². The Morgan fingerprint density at radius 2 is 1.65 bits per heavy atom. The molecule has 1 heteroatoms. The molecule has 0 fully saturated rings. The number of fused-ring (bicyclic) bond motifs is 1. The molecule has 17 heavy (non-hydrogen) atoms. The number of hydrogen-bond donors (Lipinski definition) is 0. The molecular formula is C16H15N. The third kappa shape index (κ3) is 1.55. The minimum atomic E-state index is 1.28. The summed E-state index contributed by atoms with van der Waals surface area (Å²) < 4.78 is 2.26. The smallest absolute Gasteiger partial charge is 0.0531 e. The SMILES string of the molecule is Cc1cc(-c2ccccc2)c2cccn2c1C. The number of aryl methyl sites for hydroxylation is 2. The molecule has 0 aliphatic rings. The van der Waals surface area contributed by atoms with Crippen molar-refractivity contribution in [3.8, 4) is 11.1 Å². The summed E-state index contributed by atoms with van der Waals surface area (Å²) in [6, 6.07) is 17.1. The highest BCUT2D eigenvalue weighted by Gasteiger charge is 2.07. The second-order valence-corrected chi connectivity index (χ2v) is 4.46. The fourth-order valence-electron chi connectivity index (χ4n) is 2.33. The molecular weight excluding hydrogens is 206 g/mol. The Morgan fingerprint density at radius 1 is 0.882 bits per heavy atom.